The van der Waals surface area contributed by atoms with Gasteiger partial charge in [-0.1, -0.05) is 84.5 Å². The third kappa shape index (κ3) is 5.64. The summed E-state index contributed by atoms with van der Waals surface area (Å²) in [7, 11) is 0. The SMILES string of the molecule is C1=CC(C2=CC(C3CCCC=N3)CC(N3C4=CC=C(C5C=Cc6c(c7c(n6C6C=C8C(=CC6)OC6C=CCCC86)CCC=C7)C5)CC4c4ccccc43)=C2)=CCC1. The molecule has 57 heavy (non-hydrogen) atoms. The highest BCUT2D eigenvalue weighted by molar-refractivity contribution is 5.75. The lowest BCUT2D eigenvalue weighted by molar-refractivity contribution is 0.164. The normalized spacial score (nSPS) is 31.6. The Balaban J connectivity index is 0.874. The van der Waals surface area contributed by atoms with Crippen LogP contribution in [0.1, 0.15) is 111 Å². The number of anilines is 1. The van der Waals surface area contributed by atoms with Gasteiger partial charge in [-0.3, -0.25) is 4.99 Å². The van der Waals surface area contributed by atoms with Crippen molar-refractivity contribution in [2.24, 2.45) is 22.7 Å². The molecule has 10 aliphatic rings. The lowest BCUT2D eigenvalue weighted by Crippen LogP contribution is -2.29. The molecule has 0 radical (unpaired) electrons. The average Bonchev–Trinajstić information content (AvgIpc) is 3.94. The van der Waals surface area contributed by atoms with Gasteiger partial charge in [0.05, 0.1) is 12.1 Å². The number of para-hydroxylation sites is 1. The van der Waals surface area contributed by atoms with Gasteiger partial charge in [-0.25, -0.2) is 0 Å². The van der Waals surface area contributed by atoms with Gasteiger partial charge >= 0.3 is 0 Å². The number of benzene rings is 1. The van der Waals surface area contributed by atoms with Crippen molar-refractivity contribution in [1.29, 1.82) is 0 Å². The summed E-state index contributed by atoms with van der Waals surface area (Å²) in [6, 6.07) is 9.99. The molecule has 0 amide bonds. The summed E-state index contributed by atoms with van der Waals surface area (Å²) in [5.74, 6) is 2.84. The molecule has 4 heterocycles. The van der Waals surface area contributed by atoms with Crippen LogP contribution in [0.25, 0.3) is 12.2 Å². The zero-order valence-electron chi connectivity index (χ0n) is 33.0. The van der Waals surface area contributed by atoms with Crippen molar-refractivity contribution in [3.63, 3.8) is 0 Å². The van der Waals surface area contributed by atoms with Crippen molar-refractivity contribution >= 4 is 24.1 Å². The van der Waals surface area contributed by atoms with Crippen LogP contribution in [0.15, 0.2) is 148 Å². The Hall–Kier alpha value is -5.09. The van der Waals surface area contributed by atoms with E-state index in [2.05, 4.69) is 131 Å². The van der Waals surface area contributed by atoms with Crippen LogP contribution in [0.4, 0.5) is 5.69 Å². The van der Waals surface area contributed by atoms with Gasteiger partial charge in [0.2, 0.25) is 0 Å². The second-order valence-electron chi connectivity index (χ2n) is 18.0. The molecule has 0 N–H and O–H groups in total. The first-order valence-electron chi connectivity index (χ1n) is 22.2. The van der Waals surface area contributed by atoms with Crippen molar-refractivity contribution in [1.82, 2.24) is 4.57 Å². The maximum absolute atomic E-state index is 6.44. The third-order valence-corrected chi connectivity index (χ3v) is 14.8. The molecule has 286 valence electrons. The van der Waals surface area contributed by atoms with Crippen LogP contribution in [-0.4, -0.2) is 22.9 Å². The summed E-state index contributed by atoms with van der Waals surface area (Å²) in [5, 5.41) is 0. The predicted molar refractivity (Wildman–Crippen MR) is 234 cm³/mol. The van der Waals surface area contributed by atoms with E-state index < -0.39 is 0 Å². The number of hydrogen-bond donors (Lipinski definition) is 0. The first kappa shape index (κ1) is 34.0. The van der Waals surface area contributed by atoms with Gasteiger partial charge in [0.1, 0.15) is 11.9 Å². The summed E-state index contributed by atoms with van der Waals surface area (Å²) in [5.41, 5.74) is 17.5. The van der Waals surface area contributed by atoms with E-state index in [1.165, 1.54) is 75.6 Å². The van der Waals surface area contributed by atoms with Crippen LogP contribution < -0.4 is 4.90 Å². The molecule has 0 saturated carbocycles. The van der Waals surface area contributed by atoms with E-state index in [0.717, 1.165) is 70.0 Å². The maximum Gasteiger partial charge on any atom is 0.124 e. The lowest BCUT2D eigenvalue weighted by atomic mass is 9.78. The largest absolute Gasteiger partial charge is 0.486 e. The molecule has 7 atom stereocenters. The quantitative estimate of drug-likeness (QED) is 0.285. The second kappa shape index (κ2) is 13.8. The molecule has 4 nitrogen and oxygen atoms in total. The molecular weight excluding hydrogens is 695 g/mol. The number of ether oxygens (including phenoxy) is 1. The van der Waals surface area contributed by atoms with E-state index in [9.17, 15) is 0 Å². The van der Waals surface area contributed by atoms with Crippen LogP contribution in [0.3, 0.4) is 0 Å². The molecule has 1 aromatic heterocycles. The Labute approximate surface area is 338 Å². The van der Waals surface area contributed by atoms with Crippen molar-refractivity contribution < 1.29 is 4.74 Å². The van der Waals surface area contributed by atoms with Crippen LogP contribution in [0.2, 0.25) is 0 Å². The molecule has 7 aliphatic carbocycles. The van der Waals surface area contributed by atoms with E-state index in [0.29, 0.717) is 35.8 Å². The van der Waals surface area contributed by atoms with Gasteiger partial charge in [0.25, 0.3) is 0 Å². The molecule has 1 saturated heterocycles. The standard InChI is InChI=1S/C53H53N3O/c1-2-12-34(13-3-1)37-28-38(47-17-10-11-27-54-47)30-40(29-37)56-49-19-8-5-15-42(49)45-32-36(22-25-51(45)56)35-21-24-50-44(31-35)41-14-4-7-18-48(41)55(50)39-23-26-53-46(33-39)43-16-6-9-20-52(43)57-53/h2,4-5,8-9,12-15,19-22,24-29,33,35,38-39,43,45,47,52H,1,3,6-7,10-11,16-18,23,30-32H2. The number of aliphatic imine (C=N–C) groups is 1. The number of rotatable bonds is 5. The molecular formula is C53H53N3O. The fourth-order valence-corrected chi connectivity index (χ4v) is 12.0. The Bertz CT molecular complexity index is 2430. The molecule has 0 spiro atoms. The average molecular weight is 748 g/mol. The number of allylic oxidation sites excluding steroid dienone is 17. The second-order valence-corrected chi connectivity index (χ2v) is 18.0. The summed E-state index contributed by atoms with van der Waals surface area (Å²) >= 11 is 0. The number of hydrogen-bond acceptors (Lipinski definition) is 3. The Morgan fingerprint density at radius 3 is 2.70 bits per heavy atom. The van der Waals surface area contributed by atoms with E-state index >= 15 is 0 Å². The smallest absolute Gasteiger partial charge is 0.124 e. The molecule has 0 bridgehead atoms. The van der Waals surface area contributed by atoms with E-state index in [1.54, 1.807) is 11.1 Å². The minimum absolute atomic E-state index is 0.224. The summed E-state index contributed by atoms with van der Waals surface area (Å²) < 4.78 is 9.17. The van der Waals surface area contributed by atoms with Crippen molar-refractivity contribution in [2.45, 2.75) is 108 Å². The molecule has 3 aliphatic heterocycles. The Kier molecular flexibility index (Phi) is 8.22. The Morgan fingerprint density at radius 2 is 1.77 bits per heavy atom. The van der Waals surface area contributed by atoms with Gasteiger partial charge in [-0.15, -0.1) is 0 Å². The summed E-state index contributed by atoms with van der Waals surface area (Å²) in [6.45, 7) is 0. The van der Waals surface area contributed by atoms with Crippen molar-refractivity contribution in [3.05, 3.63) is 171 Å². The zero-order chi connectivity index (χ0) is 37.5. The third-order valence-electron chi connectivity index (χ3n) is 14.8. The van der Waals surface area contributed by atoms with Crippen LogP contribution >= 0.6 is 0 Å². The van der Waals surface area contributed by atoms with Crippen LogP contribution in [0.5, 0.6) is 0 Å². The molecule has 7 unspecified atom stereocenters. The maximum atomic E-state index is 6.44. The van der Waals surface area contributed by atoms with Gasteiger partial charge in [0, 0.05) is 52.1 Å². The molecule has 12 rings (SSSR count). The highest BCUT2D eigenvalue weighted by atomic mass is 16.5. The van der Waals surface area contributed by atoms with Crippen LogP contribution in [0, 0.1) is 17.8 Å². The molecule has 1 fully saturated rings. The van der Waals surface area contributed by atoms with Crippen molar-refractivity contribution in [3.8, 4) is 0 Å². The molecule has 1 aromatic carbocycles. The number of fused-ring (bicyclic) bond motifs is 9. The van der Waals surface area contributed by atoms with Gasteiger partial charge < -0.3 is 14.2 Å². The van der Waals surface area contributed by atoms with Gasteiger partial charge in [0.15, 0.2) is 0 Å². The first-order valence-corrected chi connectivity index (χ1v) is 22.2. The number of nitrogens with zero attached hydrogens (tertiary/aromatic N) is 3. The Morgan fingerprint density at radius 1 is 0.807 bits per heavy atom. The minimum atomic E-state index is 0.224. The summed E-state index contributed by atoms with van der Waals surface area (Å²) in [6.07, 6.45) is 53.7. The minimum Gasteiger partial charge on any atom is -0.486 e. The highest BCUT2D eigenvalue weighted by Crippen LogP contribution is 2.54. The topological polar surface area (TPSA) is 29.8 Å². The predicted octanol–water partition coefficient (Wildman–Crippen LogP) is 12.3. The zero-order valence-corrected chi connectivity index (χ0v) is 33.0. The highest BCUT2D eigenvalue weighted by Gasteiger charge is 2.42. The fraction of sp³-hybridized carbons (Fsp3) is 0.377. The summed E-state index contributed by atoms with van der Waals surface area (Å²) in [4.78, 5) is 7.73. The first-order chi connectivity index (χ1) is 28.2. The van der Waals surface area contributed by atoms with Gasteiger partial charge in [-0.2, -0.15) is 0 Å². The monoisotopic (exact) mass is 747 g/mol. The molecule has 4 heteroatoms. The van der Waals surface area contributed by atoms with E-state index in [4.69, 9.17) is 9.73 Å². The van der Waals surface area contributed by atoms with E-state index in [1.807, 2.05) is 0 Å². The lowest BCUT2D eigenvalue weighted by Gasteiger charge is -2.35. The van der Waals surface area contributed by atoms with Gasteiger partial charge in [-0.05, 0) is 160 Å². The molecule has 2 aromatic rings. The van der Waals surface area contributed by atoms with Crippen LogP contribution in [-0.2, 0) is 17.6 Å². The van der Waals surface area contributed by atoms with E-state index in [-0.39, 0.29) is 6.10 Å². The fourth-order valence-electron chi connectivity index (χ4n) is 12.0. The van der Waals surface area contributed by atoms with Crippen molar-refractivity contribution in [2.75, 3.05) is 4.90 Å². The number of aromatic nitrogens is 1.